The maximum absolute atomic E-state index is 12.6. The van der Waals surface area contributed by atoms with Crippen molar-refractivity contribution in [2.75, 3.05) is 5.73 Å². The van der Waals surface area contributed by atoms with E-state index in [0.717, 1.165) is 12.0 Å². The van der Waals surface area contributed by atoms with Crippen molar-refractivity contribution < 1.29 is 9.42 Å². The van der Waals surface area contributed by atoms with Gasteiger partial charge in [0.2, 0.25) is 11.6 Å². The lowest BCUT2D eigenvalue weighted by Gasteiger charge is -2.05. The predicted octanol–water partition coefficient (Wildman–Crippen LogP) is 1.99. The summed E-state index contributed by atoms with van der Waals surface area (Å²) in [7, 11) is 0. The summed E-state index contributed by atoms with van der Waals surface area (Å²) in [6.07, 6.45) is 1.27. The summed E-state index contributed by atoms with van der Waals surface area (Å²) in [5.41, 5.74) is 10.1. The minimum Gasteiger partial charge on any atom is -0.378 e. The highest BCUT2D eigenvalue weighted by molar-refractivity contribution is 6.34. The zero-order chi connectivity index (χ0) is 19.4. The van der Waals surface area contributed by atoms with Crippen LogP contribution in [-0.2, 0) is 6.42 Å². The Labute approximate surface area is 159 Å². The Morgan fingerprint density at radius 2 is 2.15 bits per heavy atom. The summed E-state index contributed by atoms with van der Waals surface area (Å²) in [5.74, 6) is -0.274. The number of rotatable bonds is 6. The molecule has 3 rings (SSSR count). The van der Waals surface area contributed by atoms with Crippen LogP contribution in [0, 0.1) is 0 Å². The molecule has 0 fully saturated rings. The highest BCUT2D eigenvalue weighted by Crippen LogP contribution is 2.18. The summed E-state index contributed by atoms with van der Waals surface area (Å²) in [6, 6.07) is 7.21. The molecule has 0 aliphatic carbocycles. The number of halogens is 1. The van der Waals surface area contributed by atoms with Crippen LogP contribution in [0.25, 0.3) is 5.82 Å². The molecule has 2 heterocycles. The smallest absolute Gasteiger partial charge is 0.293 e. The van der Waals surface area contributed by atoms with Gasteiger partial charge in [-0.05, 0) is 29.7 Å². The summed E-state index contributed by atoms with van der Waals surface area (Å²) in [4.78, 5) is 12.6. The monoisotopic (exact) mass is 388 g/mol. The first-order valence-corrected chi connectivity index (χ1v) is 8.53. The van der Waals surface area contributed by atoms with Gasteiger partial charge < -0.3 is 5.73 Å². The minimum atomic E-state index is -0.508. The van der Waals surface area contributed by atoms with E-state index in [2.05, 4.69) is 35.8 Å². The van der Waals surface area contributed by atoms with E-state index in [1.807, 2.05) is 25.1 Å². The van der Waals surface area contributed by atoms with E-state index in [-0.39, 0.29) is 17.3 Å². The van der Waals surface area contributed by atoms with E-state index in [4.69, 9.17) is 17.3 Å². The molecule has 0 saturated carbocycles. The number of nitrogens with one attached hydrogen (secondary N) is 1. The molecule has 0 spiro atoms. The third-order valence-electron chi connectivity index (χ3n) is 3.75. The van der Waals surface area contributed by atoms with Gasteiger partial charge in [-0.3, -0.25) is 4.79 Å². The van der Waals surface area contributed by atoms with Gasteiger partial charge in [0.25, 0.3) is 5.91 Å². The molecule has 1 aromatic carbocycles. The van der Waals surface area contributed by atoms with E-state index in [1.165, 1.54) is 4.68 Å². The summed E-state index contributed by atoms with van der Waals surface area (Å²) >= 11 is 6.14. The number of hydrogen-bond donors (Lipinski definition) is 2. The van der Waals surface area contributed by atoms with Crippen LogP contribution in [-0.4, -0.2) is 36.9 Å². The van der Waals surface area contributed by atoms with Crippen LogP contribution < -0.4 is 11.2 Å². The average molecular weight is 389 g/mol. The van der Waals surface area contributed by atoms with Gasteiger partial charge in [0.05, 0.1) is 11.4 Å². The van der Waals surface area contributed by atoms with Gasteiger partial charge in [-0.2, -0.15) is 9.78 Å². The Morgan fingerprint density at radius 3 is 2.81 bits per heavy atom. The number of carbonyl (C=O) groups excluding carboxylic acids is 1. The number of hydrogen-bond acceptors (Lipinski definition) is 8. The molecule has 10 nitrogen and oxygen atoms in total. The molecule has 0 aliphatic rings. The van der Waals surface area contributed by atoms with Crippen LogP contribution in [0.5, 0.6) is 0 Å². The summed E-state index contributed by atoms with van der Waals surface area (Å²) in [5, 5.41) is 19.8. The van der Waals surface area contributed by atoms with Gasteiger partial charge in [-0.15, -0.1) is 5.10 Å². The fourth-order valence-corrected chi connectivity index (χ4v) is 2.72. The van der Waals surface area contributed by atoms with Crippen LogP contribution in [0.1, 0.15) is 42.0 Å². The maximum Gasteiger partial charge on any atom is 0.293 e. The summed E-state index contributed by atoms with van der Waals surface area (Å²) in [6.45, 7) is 3.70. The Balaban J connectivity index is 1.87. The number of nitrogens with two attached hydrogens (primary N) is 1. The van der Waals surface area contributed by atoms with Gasteiger partial charge in [0, 0.05) is 10.6 Å². The molecule has 0 saturated heterocycles. The normalized spacial score (nSPS) is 11.6. The quantitative estimate of drug-likeness (QED) is 0.486. The van der Waals surface area contributed by atoms with Crippen LogP contribution in [0.4, 0.5) is 5.82 Å². The maximum atomic E-state index is 12.6. The SMILES string of the molecule is CCCc1c(C(=O)NN=C(C)c2ccccc2Cl)nnn1-c1nonc1N. The molecule has 2 aromatic heterocycles. The lowest BCUT2D eigenvalue weighted by molar-refractivity contribution is 0.0948. The van der Waals surface area contributed by atoms with Crippen molar-refractivity contribution in [1.29, 1.82) is 0 Å². The highest BCUT2D eigenvalue weighted by atomic mass is 35.5. The number of aromatic nitrogens is 5. The molecule has 27 heavy (non-hydrogen) atoms. The molecule has 0 radical (unpaired) electrons. The van der Waals surface area contributed by atoms with Crippen molar-refractivity contribution in [1.82, 2.24) is 30.7 Å². The molecule has 3 N–H and O–H groups in total. The molecule has 0 bridgehead atoms. The minimum absolute atomic E-state index is 0.0526. The Morgan fingerprint density at radius 1 is 1.37 bits per heavy atom. The topological polar surface area (TPSA) is 137 Å². The molecule has 0 unspecified atom stereocenters. The Kier molecular flexibility index (Phi) is 5.46. The van der Waals surface area contributed by atoms with Gasteiger partial charge in [0.1, 0.15) is 0 Å². The van der Waals surface area contributed by atoms with E-state index in [9.17, 15) is 4.79 Å². The molecular formula is C16H17ClN8O2. The first kappa shape index (κ1) is 18.5. The first-order chi connectivity index (χ1) is 13.0. The number of benzene rings is 1. The predicted molar refractivity (Wildman–Crippen MR) is 98.8 cm³/mol. The van der Waals surface area contributed by atoms with Crippen LogP contribution >= 0.6 is 11.6 Å². The average Bonchev–Trinajstić information content (AvgIpc) is 3.26. The largest absolute Gasteiger partial charge is 0.378 e. The number of anilines is 1. The molecular weight excluding hydrogens is 372 g/mol. The third kappa shape index (κ3) is 3.80. The second-order valence-corrected chi connectivity index (χ2v) is 6.04. The molecule has 0 aliphatic heterocycles. The molecule has 1 amide bonds. The Bertz CT molecular complexity index is 994. The molecule has 140 valence electrons. The molecule has 0 atom stereocenters. The first-order valence-electron chi connectivity index (χ1n) is 8.15. The van der Waals surface area contributed by atoms with Crippen molar-refractivity contribution in [2.24, 2.45) is 5.10 Å². The number of hydrazone groups is 1. The second kappa shape index (κ2) is 7.96. The zero-order valence-electron chi connectivity index (χ0n) is 14.7. The van der Waals surface area contributed by atoms with E-state index in [0.29, 0.717) is 22.8 Å². The van der Waals surface area contributed by atoms with Crippen molar-refractivity contribution in [3.05, 3.63) is 46.2 Å². The zero-order valence-corrected chi connectivity index (χ0v) is 15.4. The van der Waals surface area contributed by atoms with Crippen molar-refractivity contribution in [2.45, 2.75) is 26.7 Å². The van der Waals surface area contributed by atoms with E-state index in [1.54, 1.807) is 13.0 Å². The second-order valence-electron chi connectivity index (χ2n) is 5.64. The lowest BCUT2D eigenvalue weighted by Crippen LogP contribution is -2.21. The lowest BCUT2D eigenvalue weighted by atomic mass is 10.1. The molecule has 11 heteroatoms. The van der Waals surface area contributed by atoms with Crippen LogP contribution in [0.3, 0.4) is 0 Å². The van der Waals surface area contributed by atoms with E-state index >= 15 is 0 Å². The molecule has 3 aromatic rings. The highest BCUT2D eigenvalue weighted by Gasteiger charge is 2.23. The van der Waals surface area contributed by atoms with Crippen LogP contribution in [0.15, 0.2) is 34.0 Å². The van der Waals surface area contributed by atoms with Crippen molar-refractivity contribution in [3.63, 3.8) is 0 Å². The third-order valence-corrected chi connectivity index (χ3v) is 4.08. The fourth-order valence-electron chi connectivity index (χ4n) is 2.45. The number of nitrogen functional groups attached to an aromatic ring is 1. The standard InChI is InChI=1S/C16H17ClN8O2/c1-3-6-12-13(20-24-25(12)15-14(18)22-27-23-15)16(26)21-19-9(2)10-7-4-5-8-11(10)17/h4-5,7-8H,3,6H2,1-2H3,(H2,18,22)(H,21,26). The van der Waals surface area contributed by atoms with Crippen molar-refractivity contribution >= 4 is 29.0 Å². The van der Waals surface area contributed by atoms with Crippen LogP contribution in [0.2, 0.25) is 5.02 Å². The van der Waals surface area contributed by atoms with Gasteiger partial charge in [-0.1, -0.05) is 48.4 Å². The Hall–Kier alpha value is -3.27. The van der Waals surface area contributed by atoms with Gasteiger partial charge >= 0.3 is 0 Å². The number of nitrogens with zero attached hydrogens (tertiary/aromatic N) is 6. The van der Waals surface area contributed by atoms with Gasteiger partial charge in [0.15, 0.2) is 5.69 Å². The number of amides is 1. The fraction of sp³-hybridized carbons (Fsp3) is 0.250. The number of carbonyl (C=O) groups is 1. The summed E-state index contributed by atoms with van der Waals surface area (Å²) < 4.78 is 5.94. The van der Waals surface area contributed by atoms with Crippen molar-refractivity contribution in [3.8, 4) is 5.82 Å². The van der Waals surface area contributed by atoms with E-state index < -0.39 is 5.91 Å². The van der Waals surface area contributed by atoms with Gasteiger partial charge in [-0.25, -0.2) is 10.1 Å².